The van der Waals surface area contributed by atoms with Crippen molar-refractivity contribution < 1.29 is 23.5 Å². The van der Waals surface area contributed by atoms with Gasteiger partial charge in [0.2, 0.25) is 0 Å². The van der Waals surface area contributed by atoms with Crippen molar-refractivity contribution in [1.82, 2.24) is 10.5 Å². The van der Waals surface area contributed by atoms with Crippen LogP contribution >= 0.6 is 0 Å². The second-order valence-electron chi connectivity index (χ2n) is 5.37. The average molecular weight is 361 g/mol. The molecule has 1 heterocycles. The Kier molecular flexibility index (Phi) is 6.60. The Labute approximate surface area is 152 Å². The van der Waals surface area contributed by atoms with E-state index in [1.54, 1.807) is 40.2 Å². The molecule has 0 aliphatic heterocycles. The number of methoxy groups -OCH3 is 2. The molecule has 1 N–H and O–H groups in total. The van der Waals surface area contributed by atoms with E-state index in [1.165, 1.54) is 0 Å². The summed E-state index contributed by atoms with van der Waals surface area (Å²) in [6.07, 6.45) is 0. The van der Waals surface area contributed by atoms with Gasteiger partial charge < -0.3 is 24.1 Å². The van der Waals surface area contributed by atoms with Gasteiger partial charge >= 0.3 is 0 Å². The third kappa shape index (κ3) is 4.53. The highest BCUT2D eigenvalue weighted by Crippen LogP contribution is 2.26. The summed E-state index contributed by atoms with van der Waals surface area (Å²) in [5.41, 5.74) is 1.54. The molecule has 0 bridgehead atoms. The number of benzene rings is 1. The molecule has 0 aliphatic rings. The van der Waals surface area contributed by atoms with Crippen LogP contribution in [0.1, 0.15) is 35.5 Å². The summed E-state index contributed by atoms with van der Waals surface area (Å²) in [6.45, 7) is 5.96. The SMILES string of the molecule is CCOC(C)=Nc1onc(C)c1C(=O)NCc1ccc(OC)cc1OC. The minimum Gasteiger partial charge on any atom is -0.497 e. The van der Waals surface area contributed by atoms with Gasteiger partial charge in [0.15, 0.2) is 5.90 Å². The number of aryl methyl sites for hydroxylation is 1. The first kappa shape index (κ1) is 19.3. The van der Waals surface area contributed by atoms with E-state index in [2.05, 4.69) is 15.5 Å². The van der Waals surface area contributed by atoms with Gasteiger partial charge in [-0.15, -0.1) is 0 Å². The van der Waals surface area contributed by atoms with Crippen molar-refractivity contribution in [3.8, 4) is 11.5 Å². The number of amides is 1. The smallest absolute Gasteiger partial charge is 0.266 e. The number of nitrogens with zero attached hydrogens (tertiary/aromatic N) is 2. The van der Waals surface area contributed by atoms with Crippen LogP contribution in [0.15, 0.2) is 27.7 Å². The molecular formula is C18H23N3O5. The van der Waals surface area contributed by atoms with E-state index < -0.39 is 0 Å². The number of rotatable bonds is 7. The standard InChI is InChI=1S/C18H23N3O5/c1-6-25-12(3)20-18-16(11(2)21-26-18)17(22)19-10-13-7-8-14(23-4)9-15(13)24-5/h7-9H,6,10H2,1-5H3,(H,19,22). The minimum absolute atomic E-state index is 0.118. The first-order valence-electron chi connectivity index (χ1n) is 8.13. The molecule has 26 heavy (non-hydrogen) atoms. The van der Waals surface area contributed by atoms with E-state index in [0.29, 0.717) is 29.7 Å². The number of ether oxygens (including phenoxy) is 3. The van der Waals surface area contributed by atoms with Crippen LogP contribution in [-0.2, 0) is 11.3 Å². The van der Waals surface area contributed by atoms with Crippen molar-refractivity contribution in [1.29, 1.82) is 0 Å². The highest BCUT2D eigenvalue weighted by Gasteiger charge is 2.21. The van der Waals surface area contributed by atoms with Crippen LogP contribution in [0.4, 0.5) is 5.88 Å². The zero-order valence-corrected chi connectivity index (χ0v) is 15.6. The molecule has 0 atom stereocenters. The molecule has 0 unspecified atom stereocenters. The van der Waals surface area contributed by atoms with E-state index in [0.717, 1.165) is 5.56 Å². The summed E-state index contributed by atoms with van der Waals surface area (Å²) < 4.78 is 20.9. The topological polar surface area (TPSA) is 95.2 Å². The predicted octanol–water partition coefficient (Wildman–Crippen LogP) is 3.02. The van der Waals surface area contributed by atoms with Gasteiger partial charge in [0.25, 0.3) is 11.8 Å². The van der Waals surface area contributed by atoms with Gasteiger partial charge in [-0.25, -0.2) is 0 Å². The lowest BCUT2D eigenvalue weighted by molar-refractivity contribution is 0.0950. The average Bonchev–Trinajstić information content (AvgIpc) is 2.99. The second kappa shape index (κ2) is 8.89. The van der Waals surface area contributed by atoms with Crippen molar-refractivity contribution in [2.45, 2.75) is 27.3 Å². The Morgan fingerprint density at radius 1 is 1.31 bits per heavy atom. The number of nitrogens with one attached hydrogen (secondary N) is 1. The molecular weight excluding hydrogens is 338 g/mol. The van der Waals surface area contributed by atoms with Crippen molar-refractivity contribution in [2.24, 2.45) is 4.99 Å². The van der Waals surface area contributed by atoms with Crippen molar-refractivity contribution >= 4 is 17.7 Å². The molecule has 0 radical (unpaired) electrons. The lowest BCUT2D eigenvalue weighted by Crippen LogP contribution is -2.23. The first-order chi connectivity index (χ1) is 12.5. The summed E-state index contributed by atoms with van der Waals surface area (Å²) in [6, 6.07) is 5.39. The van der Waals surface area contributed by atoms with Gasteiger partial charge in [0.1, 0.15) is 17.1 Å². The normalized spacial score (nSPS) is 11.2. The summed E-state index contributed by atoms with van der Waals surface area (Å²) in [4.78, 5) is 16.8. The quantitative estimate of drug-likeness (QED) is 0.602. The van der Waals surface area contributed by atoms with Crippen LogP contribution in [0.5, 0.6) is 11.5 Å². The molecule has 0 saturated heterocycles. The fourth-order valence-corrected chi connectivity index (χ4v) is 2.34. The Hall–Kier alpha value is -3.03. The van der Waals surface area contributed by atoms with Crippen LogP contribution in [0.2, 0.25) is 0 Å². The fraction of sp³-hybridized carbons (Fsp3) is 0.389. The summed E-state index contributed by atoms with van der Waals surface area (Å²) in [5.74, 6) is 1.47. The van der Waals surface area contributed by atoms with Crippen molar-refractivity contribution in [2.75, 3.05) is 20.8 Å². The molecule has 0 spiro atoms. The molecule has 8 heteroatoms. The van der Waals surface area contributed by atoms with Gasteiger partial charge in [0, 0.05) is 25.1 Å². The van der Waals surface area contributed by atoms with E-state index in [9.17, 15) is 4.79 Å². The number of aromatic nitrogens is 1. The largest absolute Gasteiger partial charge is 0.497 e. The zero-order chi connectivity index (χ0) is 19.1. The molecule has 140 valence electrons. The van der Waals surface area contributed by atoms with E-state index in [4.69, 9.17) is 18.7 Å². The molecule has 8 nitrogen and oxygen atoms in total. The van der Waals surface area contributed by atoms with E-state index in [-0.39, 0.29) is 23.9 Å². The Morgan fingerprint density at radius 2 is 2.08 bits per heavy atom. The molecule has 1 aromatic heterocycles. The molecule has 2 rings (SSSR count). The maximum atomic E-state index is 12.6. The van der Waals surface area contributed by atoms with Crippen LogP contribution in [0.25, 0.3) is 0 Å². The minimum atomic E-state index is -0.343. The maximum Gasteiger partial charge on any atom is 0.266 e. The number of carbonyl (C=O) groups excluding carboxylic acids is 1. The van der Waals surface area contributed by atoms with Gasteiger partial charge in [-0.1, -0.05) is 5.16 Å². The Balaban J connectivity index is 2.16. The fourth-order valence-electron chi connectivity index (χ4n) is 2.34. The number of hydrogen-bond acceptors (Lipinski definition) is 7. The summed E-state index contributed by atoms with van der Waals surface area (Å²) in [7, 11) is 3.14. The number of aliphatic imine (C=N–C) groups is 1. The van der Waals surface area contributed by atoms with E-state index in [1.807, 2.05) is 13.0 Å². The lowest BCUT2D eigenvalue weighted by atomic mass is 10.1. The Bertz CT molecular complexity index is 798. The van der Waals surface area contributed by atoms with E-state index >= 15 is 0 Å². The number of carbonyl (C=O) groups is 1. The first-order valence-corrected chi connectivity index (χ1v) is 8.13. The third-order valence-corrected chi connectivity index (χ3v) is 3.62. The third-order valence-electron chi connectivity index (χ3n) is 3.62. The van der Waals surface area contributed by atoms with Crippen molar-refractivity contribution in [3.63, 3.8) is 0 Å². The second-order valence-corrected chi connectivity index (χ2v) is 5.37. The highest BCUT2D eigenvalue weighted by molar-refractivity contribution is 5.99. The predicted molar refractivity (Wildman–Crippen MR) is 96.4 cm³/mol. The molecule has 0 fully saturated rings. The van der Waals surface area contributed by atoms with Gasteiger partial charge in [0.05, 0.1) is 26.5 Å². The molecule has 1 aromatic carbocycles. The van der Waals surface area contributed by atoms with Crippen LogP contribution < -0.4 is 14.8 Å². The monoisotopic (exact) mass is 361 g/mol. The summed E-state index contributed by atoms with van der Waals surface area (Å²) >= 11 is 0. The van der Waals surface area contributed by atoms with Crippen LogP contribution in [0.3, 0.4) is 0 Å². The maximum absolute atomic E-state index is 12.6. The van der Waals surface area contributed by atoms with Crippen molar-refractivity contribution in [3.05, 3.63) is 35.0 Å². The highest BCUT2D eigenvalue weighted by atomic mass is 16.5. The Morgan fingerprint density at radius 3 is 2.73 bits per heavy atom. The summed E-state index contributed by atoms with van der Waals surface area (Å²) in [5, 5.41) is 6.65. The van der Waals surface area contributed by atoms with Gasteiger partial charge in [-0.2, -0.15) is 4.99 Å². The molecule has 1 amide bonds. The van der Waals surface area contributed by atoms with Gasteiger partial charge in [-0.05, 0) is 26.0 Å². The lowest BCUT2D eigenvalue weighted by Gasteiger charge is -2.11. The molecule has 0 aliphatic carbocycles. The zero-order valence-electron chi connectivity index (χ0n) is 15.6. The van der Waals surface area contributed by atoms with Crippen LogP contribution in [0, 0.1) is 6.92 Å². The number of hydrogen-bond donors (Lipinski definition) is 1. The molecule has 0 saturated carbocycles. The van der Waals surface area contributed by atoms with Crippen LogP contribution in [-0.4, -0.2) is 37.8 Å². The van der Waals surface area contributed by atoms with Gasteiger partial charge in [-0.3, -0.25) is 4.79 Å². The molecule has 2 aromatic rings.